The summed E-state index contributed by atoms with van der Waals surface area (Å²) in [4.78, 5) is 0. The van der Waals surface area contributed by atoms with Crippen LogP contribution in [0.2, 0.25) is 0 Å². The minimum atomic E-state index is 0.759. The van der Waals surface area contributed by atoms with Gasteiger partial charge in [0, 0.05) is 19.0 Å². The van der Waals surface area contributed by atoms with Crippen molar-refractivity contribution in [3.8, 4) is 0 Å². The van der Waals surface area contributed by atoms with Gasteiger partial charge in [-0.05, 0) is 18.7 Å². The van der Waals surface area contributed by atoms with Crippen molar-refractivity contribution in [2.45, 2.75) is 11.8 Å². The van der Waals surface area contributed by atoms with Gasteiger partial charge in [-0.15, -0.1) is 11.8 Å². The number of nitrogens with one attached hydrogen (secondary N) is 2. The Morgan fingerprint density at radius 3 is 2.70 bits per heavy atom. The zero-order valence-electron chi connectivity index (χ0n) is 6.10. The van der Waals surface area contributed by atoms with E-state index >= 15 is 0 Å². The largest absolute Gasteiger partial charge is 0.316 e. The summed E-state index contributed by atoms with van der Waals surface area (Å²) in [6, 6.07) is 0. The first-order valence-electron chi connectivity index (χ1n) is 4.02. The Hall–Kier alpha value is 0.270. The van der Waals surface area contributed by atoms with Crippen LogP contribution in [-0.2, 0) is 0 Å². The molecule has 2 nitrogen and oxygen atoms in total. The summed E-state index contributed by atoms with van der Waals surface area (Å²) in [5.41, 5.74) is 0. The Morgan fingerprint density at radius 1 is 1.30 bits per heavy atom. The minimum Gasteiger partial charge on any atom is -0.316 e. The first-order chi connectivity index (χ1) is 4.97. The van der Waals surface area contributed by atoms with Crippen LogP contribution in [0.25, 0.3) is 0 Å². The smallest absolute Gasteiger partial charge is 0.0585 e. The molecule has 2 saturated heterocycles. The van der Waals surface area contributed by atoms with E-state index in [-0.39, 0.29) is 0 Å². The molecule has 0 aliphatic carbocycles. The van der Waals surface area contributed by atoms with E-state index in [9.17, 15) is 0 Å². The van der Waals surface area contributed by atoms with Crippen LogP contribution in [0.15, 0.2) is 0 Å². The van der Waals surface area contributed by atoms with Gasteiger partial charge in [0.15, 0.2) is 0 Å². The second-order valence-electron chi connectivity index (χ2n) is 3.02. The van der Waals surface area contributed by atoms with E-state index in [0.717, 1.165) is 11.3 Å². The molecular formula is C7H14N2S. The van der Waals surface area contributed by atoms with Crippen molar-refractivity contribution in [3.05, 3.63) is 0 Å². The second-order valence-corrected chi connectivity index (χ2v) is 4.27. The zero-order valence-corrected chi connectivity index (χ0v) is 6.91. The van der Waals surface area contributed by atoms with Gasteiger partial charge in [-0.3, -0.25) is 0 Å². The van der Waals surface area contributed by atoms with E-state index in [1.54, 1.807) is 0 Å². The third kappa shape index (κ3) is 1.31. The summed E-state index contributed by atoms with van der Waals surface area (Å²) in [5, 5.41) is 7.61. The molecule has 2 heterocycles. The van der Waals surface area contributed by atoms with Crippen molar-refractivity contribution in [1.29, 1.82) is 0 Å². The van der Waals surface area contributed by atoms with Gasteiger partial charge >= 0.3 is 0 Å². The van der Waals surface area contributed by atoms with Gasteiger partial charge in [-0.1, -0.05) is 0 Å². The third-order valence-corrected chi connectivity index (χ3v) is 3.64. The summed E-state index contributed by atoms with van der Waals surface area (Å²) >= 11 is 2.10. The van der Waals surface area contributed by atoms with Gasteiger partial charge in [0.05, 0.1) is 5.37 Å². The fraction of sp³-hybridized carbons (Fsp3) is 1.00. The molecular weight excluding hydrogens is 144 g/mol. The molecule has 0 amide bonds. The SMILES string of the molecule is C1CNC(C2CNC2)SC1. The van der Waals surface area contributed by atoms with Gasteiger partial charge in [0.1, 0.15) is 0 Å². The molecule has 10 heavy (non-hydrogen) atoms. The lowest BCUT2D eigenvalue weighted by Crippen LogP contribution is -2.53. The van der Waals surface area contributed by atoms with Crippen LogP contribution in [0.4, 0.5) is 0 Å². The van der Waals surface area contributed by atoms with E-state index in [1.807, 2.05) is 0 Å². The highest BCUT2D eigenvalue weighted by atomic mass is 32.2. The molecule has 0 bridgehead atoms. The first kappa shape index (κ1) is 6.95. The molecule has 3 heteroatoms. The zero-order chi connectivity index (χ0) is 6.81. The molecule has 0 aromatic carbocycles. The van der Waals surface area contributed by atoms with Crippen LogP contribution in [0.5, 0.6) is 0 Å². The monoisotopic (exact) mass is 158 g/mol. The molecule has 0 spiro atoms. The molecule has 0 aromatic rings. The van der Waals surface area contributed by atoms with Crippen molar-refractivity contribution in [1.82, 2.24) is 10.6 Å². The minimum absolute atomic E-state index is 0.759. The van der Waals surface area contributed by atoms with Crippen molar-refractivity contribution < 1.29 is 0 Å². The van der Waals surface area contributed by atoms with Crippen LogP contribution in [-0.4, -0.2) is 30.8 Å². The number of rotatable bonds is 1. The number of hydrogen-bond donors (Lipinski definition) is 2. The van der Waals surface area contributed by atoms with Crippen molar-refractivity contribution in [2.75, 3.05) is 25.4 Å². The van der Waals surface area contributed by atoms with Crippen LogP contribution in [0, 0.1) is 5.92 Å². The topological polar surface area (TPSA) is 24.1 Å². The molecule has 2 aliphatic rings. The van der Waals surface area contributed by atoms with E-state index < -0.39 is 0 Å². The fourth-order valence-corrected chi connectivity index (χ4v) is 2.68. The normalized spacial score (nSPS) is 35.4. The average Bonchev–Trinajstić information content (AvgIpc) is 1.86. The fourth-order valence-electron chi connectivity index (χ4n) is 1.41. The van der Waals surface area contributed by atoms with E-state index in [0.29, 0.717) is 0 Å². The van der Waals surface area contributed by atoms with Gasteiger partial charge in [-0.25, -0.2) is 0 Å². The van der Waals surface area contributed by atoms with Gasteiger partial charge in [0.25, 0.3) is 0 Å². The van der Waals surface area contributed by atoms with Crippen molar-refractivity contribution in [2.24, 2.45) is 5.92 Å². The standard InChI is InChI=1S/C7H14N2S/c1-2-9-7(10-3-1)6-4-8-5-6/h6-9H,1-5H2. The van der Waals surface area contributed by atoms with Crippen molar-refractivity contribution >= 4 is 11.8 Å². The van der Waals surface area contributed by atoms with Gasteiger partial charge in [0.2, 0.25) is 0 Å². The van der Waals surface area contributed by atoms with Crippen LogP contribution >= 0.6 is 11.8 Å². The van der Waals surface area contributed by atoms with E-state index in [2.05, 4.69) is 22.4 Å². The molecule has 0 aromatic heterocycles. The van der Waals surface area contributed by atoms with Crippen molar-refractivity contribution in [3.63, 3.8) is 0 Å². The molecule has 1 atom stereocenters. The average molecular weight is 158 g/mol. The van der Waals surface area contributed by atoms with E-state index in [4.69, 9.17) is 0 Å². The quantitative estimate of drug-likeness (QED) is 0.572. The van der Waals surface area contributed by atoms with Gasteiger partial charge in [-0.2, -0.15) is 0 Å². The summed E-state index contributed by atoms with van der Waals surface area (Å²) < 4.78 is 0. The molecule has 58 valence electrons. The number of thioether (sulfide) groups is 1. The third-order valence-electron chi connectivity index (χ3n) is 2.21. The van der Waals surface area contributed by atoms with Crippen LogP contribution in [0.1, 0.15) is 6.42 Å². The molecule has 1 unspecified atom stereocenters. The second kappa shape index (κ2) is 3.11. The van der Waals surface area contributed by atoms with E-state index in [1.165, 1.54) is 31.8 Å². The summed E-state index contributed by atoms with van der Waals surface area (Å²) in [5.74, 6) is 2.26. The predicted molar refractivity (Wildman–Crippen MR) is 45.2 cm³/mol. The van der Waals surface area contributed by atoms with Crippen LogP contribution in [0.3, 0.4) is 0 Å². The Balaban J connectivity index is 1.78. The highest BCUT2D eigenvalue weighted by molar-refractivity contribution is 7.99. The number of hydrogen-bond acceptors (Lipinski definition) is 3. The summed E-state index contributed by atoms with van der Waals surface area (Å²) in [6.45, 7) is 3.68. The highest BCUT2D eigenvalue weighted by Gasteiger charge is 2.27. The highest BCUT2D eigenvalue weighted by Crippen LogP contribution is 2.23. The van der Waals surface area contributed by atoms with Gasteiger partial charge < -0.3 is 10.6 Å². The maximum atomic E-state index is 3.54. The Labute approximate surface area is 66.1 Å². The maximum Gasteiger partial charge on any atom is 0.0585 e. The lowest BCUT2D eigenvalue weighted by atomic mass is 10.0. The first-order valence-corrected chi connectivity index (χ1v) is 5.07. The Kier molecular flexibility index (Phi) is 2.16. The lowest BCUT2D eigenvalue weighted by molar-refractivity contribution is 0.309. The molecule has 2 rings (SSSR count). The molecule has 2 N–H and O–H groups in total. The Morgan fingerprint density at radius 2 is 2.20 bits per heavy atom. The molecule has 0 saturated carbocycles. The molecule has 0 radical (unpaired) electrons. The maximum absolute atomic E-state index is 3.54. The molecule has 2 aliphatic heterocycles. The molecule has 2 fully saturated rings. The summed E-state index contributed by atoms with van der Waals surface area (Å²) in [6.07, 6.45) is 1.35. The Bertz CT molecular complexity index is 108. The van der Waals surface area contributed by atoms with Crippen LogP contribution < -0.4 is 10.6 Å². The predicted octanol–water partition coefficient (Wildman–Crippen LogP) is 0.258. The lowest BCUT2D eigenvalue weighted by Gasteiger charge is -2.36. The summed E-state index contributed by atoms with van der Waals surface area (Å²) in [7, 11) is 0.